The maximum Gasteiger partial charge on any atom is 0.257 e. The molecule has 26 heavy (non-hydrogen) atoms. The van der Waals surface area contributed by atoms with Gasteiger partial charge in [0.1, 0.15) is 5.75 Å². The Morgan fingerprint density at radius 2 is 2.19 bits per heavy atom. The van der Waals surface area contributed by atoms with Gasteiger partial charge >= 0.3 is 0 Å². The van der Waals surface area contributed by atoms with Gasteiger partial charge in [0, 0.05) is 44.1 Å². The molecular weight excluding hydrogens is 326 g/mol. The van der Waals surface area contributed by atoms with Crippen LogP contribution in [0.25, 0.3) is 5.57 Å². The van der Waals surface area contributed by atoms with E-state index in [0.717, 1.165) is 41.9 Å². The van der Waals surface area contributed by atoms with Crippen LogP contribution in [0.2, 0.25) is 0 Å². The lowest BCUT2D eigenvalue weighted by Crippen LogP contribution is -2.46. The van der Waals surface area contributed by atoms with Gasteiger partial charge in [0.05, 0.1) is 12.7 Å². The lowest BCUT2D eigenvalue weighted by atomic mass is 9.98. The van der Waals surface area contributed by atoms with Crippen molar-refractivity contribution in [1.29, 1.82) is 0 Å². The zero-order valence-corrected chi connectivity index (χ0v) is 15.6. The quantitative estimate of drug-likeness (QED) is 0.909. The lowest BCUT2D eigenvalue weighted by molar-refractivity contribution is 0.0712. The van der Waals surface area contributed by atoms with Gasteiger partial charge in [-0.05, 0) is 48.3 Å². The minimum atomic E-state index is 0.0669. The van der Waals surface area contributed by atoms with Crippen molar-refractivity contribution < 1.29 is 9.53 Å². The zero-order chi connectivity index (χ0) is 18.4. The molecule has 2 bridgehead atoms. The summed E-state index contributed by atoms with van der Waals surface area (Å²) in [6.45, 7) is 7.80. The predicted octanol–water partition coefficient (Wildman–Crippen LogP) is 2.63. The van der Waals surface area contributed by atoms with Gasteiger partial charge in [0.15, 0.2) is 0 Å². The van der Waals surface area contributed by atoms with Crippen molar-refractivity contribution in [2.75, 3.05) is 27.2 Å². The van der Waals surface area contributed by atoms with Gasteiger partial charge in [-0.25, -0.2) is 0 Å². The molecule has 2 saturated heterocycles. The number of hydrogen-bond donors (Lipinski definition) is 1. The number of carbonyl (C=O) groups excluding carboxylic acids is 1. The highest BCUT2D eigenvalue weighted by molar-refractivity contribution is 5.98. The molecule has 136 valence electrons. The number of likely N-dealkylation sites (tertiary alicyclic amines) is 1. The fraction of sp³-hybridized carbons (Fsp3) is 0.381. The average Bonchev–Trinajstić information content (AvgIpc) is 3.28. The number of amides is 1. The third-order valence-electron chi connectivity index (χ3n) is 5.67. The van der Waals surface area contributed by atoms with E-state index in [2.05, 4.69) is 31.1 Å². The Morgan fingerprint density at radius 1 is 1.38 bits per heavy atom. The molecule has 1 aromatic carbocycles. The van der Waals surface area contributed by atoms with Crippen molar-refractivity contribution in [3.05, 3.63) is 59.5 Å². The molecule has 1 N–H and O–H groups in total. The molecule has 2 fully saturated rings. The Bertz CT molecular complexity index is 840. The number of benzene rings is 1. The van der Waals surface area contributed by atoms with Crippen LogP contribution < -0.4 is 10.1 Å². The Balaban J connectivity index is 1.64. The number of hydrogen-bond acceptors (Lipinski definition) is 4. The predicted molar refractivity (Wildman–Crippen MR) is 103 cm³/mol. The zero-order valence-electron chi connectivity index (χ0n) is 15.6. The van der Waals surface area contributed by atoms with Crippen LogP contribution in [0, 0.1) is 0 Å². The molecule has 0 aromatic heterocycles. The molecule has 3 heterocycles. The second-order valence-corrected chi connectivity index (χ2v) is 7.34. The van der Waals surface area contributed by atoms with E-state index in [9.17, 15) is 4.79 Å². The van der Waals surface area contributed by atoms with Crippen LogP contribution in [0.3, 0.4) is 0 Å². The van der Waals surface area contributed by atoms with Crippen LogP contribution in [-0.4, -0.2) is 55.0 Å². The topological polar surface area (TPSA) is 44.8 Å². The summed E-state index contributed by atoms with van der Waals surface area (Å²) in [5.41, 5.74) is 4.87. The SMILES string of the molecule is C=C1C(C)=CC(c2ccc(C(=O)N3C[C@@H]4CC3CN4)c(OC)c2)=CN1C. The highest BCUT2D eigenvalue weighted by Gasteiger charge is 2.40. The summed E-state index contributed by atoms with van der Waals surface area (Å²) in [5, 5.41) is 3.43. The summed E-state index contributed by atoms with van der Waals surface area (Å²) in [4.78, 5) is 17.0. The van der Waals surface area contributed by atoms with Crippen molar-refractivity contribution >= 4 is 11.5 Å². The molecule has 0 radical (unpaired) electrons. The fourth-order valence-corrected chi connectivity index (χ4v) is 4.09. The molecule has 1 unspecified atom stereocenters. The smallest absolute Gasteiger partial charge is 0.257 e. The maximum absolute atomic E-state index is 13.0. The highest BCUT2D eigenvalue weighted by atomic mass is 16.5. The van der Waals surface area contributed by atoms with Gasteiger partial charge in [-0.2, -0.15) is 0 Å². The number of fused-ring (bicyclic) bond motifs is 2. The summed E-state index contributed by atoms with van der Waals surface area (Å²) < 4.78 is 5.57. The van der Waals surface area contributed by atoms with E-state index < -0.39 is 0 Å². The number of allylic oxidation sites excluding steroid dienone is 3. The third kappa shape index (κ3) is 2.72. The molecule has 3 aliphatic rings. The third-order valence-corrected chi connectivity index (χ3v) is 5.67. The van der Waals surface area contributed by atoms with Gasteiger partial charge in [-0.3, -0.25) is 4.79 Å². The van der Waals surface area contributed by atoms with Crippen molar-refractivity contribution in [1.82, 2.24) is 15.1 Å². The standard InChI is InChI=1S/C21H25N3O2/c1-13-7-16(11-23(3)14(13)2)15-5-6-19(20(8-15)26-4)21(25)24-12-17-9-18(24)10-22-17/h5-8,11,17-18,22H,2,9-10,12H2,1,3-4H3/t17-,18?/m0/s1. The van der Waals surface area contributed by atoms with E-state index in [-0.39, 0.29) is 5.91 Å². The minimum Gasteiger partial charge on any atom is -0.496 e. The number of ether oxygens (including phenoxy) is 1. The van der Waals surface area contributed by atoms with E-state index >= 15 is 0 Å². The van der Waals surface area contributed by atoms with Gasteiger partial charge in [-0.15, -0.1) is 0 Å². The van der Waals surface area contributed by atoms with Crippen LogP contribution in [0.15, 0.2) is 48.3 Å². The van der Waals surface area contributed by atoms with Crippen LogP contribution in [0.4, 0.5) is 0 Å². The molecule has 3 aliphatic heterocycles. The summed E-state index contributed by atoms with van der Waals surface area (Å²) in [5.74, 6) is 0.694. The monoisotopic (exact) mass is 351 g/mol. The van der Waals surface area contributed by atoms with Crippen LogP contribution >= 0.6 is 0 Å². The largest absolute Gasteiger partial charge is 0.496 e. The Kier molecular flexibility index (Phi) is 4.11. The first-order valence-electron chi connectivity index (χ1n) is 9.03. The molecule has 1 aromatic rings. The average molecular weight is 351 g/mol. The van der Waals surface area contributed by atoms with Crippen molar-refractivity contribution in [2.45, 2.75) is 25.4 Å². The van der Waals surface area contributed by atoms with E-state index in [4.69, 9.17) is 4.74 Å². The summed E-state index contributed by atoms with van der Waals surface area (Å²) in [6.07, 6.45) is 5.22. The first-order valence-corrected chi connectivity index (χ1v) is 9.03. The summed E-state index contributed by atoms with van der Waals surface area (Å²) >= 11 is 0. The van der Waals surface area contributed by atoms with Crippen molar-refractivity contribution in [3.63, 3.8) is 0 Å². The molecule has 5 heteroatoms. The van der Waals surface area contributed by atoms with Crippen molar-refractivity contribution in [3.8, 4) is 5.75 Å². The number of likely N-dealkylation sites (N-methyl/N-ethyl adjacent to an activating group) is 1. The van der Waals surface area contributed by atoms with Gasteiger partial charge < -0.3 is 19.9 Å². The molecule has 0 spiro atoms. The number of nitrogens with one attached hydrogen (secondary N) is 1. The summed E-state index contributed by atoms with van der Waals surface area (Å²) in [6, 6.07) is 6.60. The van der Waals surface area contributed by atoms with Gasteiger partial charge in [-0.1, -0.05) is 12.6 Å². The minimum absolute atomic E-state index is 0.0669. The van der Waals surface area contributed by atoms with Crippen LogP contribution in [0.1, 0.15) is 29.3 Å². The first-order chi connectivity index (χ1) is 12.5. The number of carbonyl (C=O) groups is 1. The molecular formula is C21H25N3O2. The molecule has 1 amide bonds. The molecule has 0 aliphatic carbocycles. The Hall–Kier alpha value is -2.53. The maximum atomic E-state index is 13.0. The first kappa shape index (κ1) is 16.9. The second kappa shape index (κ2) is 6.32. The van der Waals surface area contributed by atoms with Crippen LogP contribution in [0.5, 0.6) is 5.75 Å². The van der Waals surface area contributed by atoms with E-state index in [1.807, 2.05) is 35.0 Å². The normalized spacial score (nSPS) is 24.7. The van der Waals surface area contributed by atoms with E-state index in [1.54, 1.807) is 7.11 Å². The number of methoxy groups -OCH3 is 1. The number of nitrogens with zero attached hydrogens (tertiary/aromatic N) is 2. The van der Waals surface area contributed by atoms with Gasteiger partial charge in [0.2, 0.25) is 0 Å². The second-order valence-electron chi connectivity index (χ2n) is 7.34. The molecule has 4 rings (SSSR count). The Morgan fingerprint density at radius 3 is 2.81 bits per heavy atom. The van der Waals surface area contributed by atoms with Crippen molar-refractivity contribution in [2.24, 2.45) is 0 Å². The summed E-state index contributed by atoms with van der Waals surface area (Å²) in [7, 11) is 3.61. The number of piperazine rings is 1. The Labute approximate surface area is 154 Å². The van der Waals surface area contributed by atoms with E-state index in [0.29, 0.717) is 23.4 Å². The fourth-order valence-electron chi connectivity index (χ4n) is 4.09. The number of rotatable bonds is 3. The highest BCUT2D eigenvalue weighted by Crippen LogP contribution is 2.33. The lowest BCUT2D eigenvalue weighted by Gasteiger charge is -2.28. The van der Waals surface area contributed by atoms with Crippen LogP contribution in [-0.2, 0) is 0 Å². The molecule has 2 atom stereocenters. The van der Waals surface area contributed by atoms with Gasteiger partial charge in [0.25, 0.3) is 5.91 Å². The molecule has 0 saturated carbocycles. The molecule has 5 nitrogen and oxygen atoms in total. The van der Waals surface area contributed by atoms with E-state index in [1.165, 1.54) is 0 Å².